The first-order valence-corrected chi connectivity index (χ1v) is 12.4. The van der Waals surface area contributed by atoms with Gasteiger partial charge in [0.1, 0.15) is 29.7 Å². The van der Waals surface area contributed by atoms with Crippen LogP contribution in [0, 0.1) is 21.7 Å². The molecular formula is C29H26F2N4O4. The van der Waals surface area contributed by atoms with E-state index in [9.17, 15) is 23.7 Å². The zero-order valence-electron chi connectivity index (χ0n) is 21.1. The van der Waals surface area contributed by atoms with Crippen LogP contribution < -0.4 is 9.64 Å². The summed E-state index contributed by atoms with van der Waals surface area (Å²) in [5, 5.41) is 11.6. The number of anilines is 1. The van der Waals surface area contributed by atoms with E-state index in [-0.39, 0.29) is 30.3 Å². The van der Waals surface area contributed by atoms with Gasteiger partial charge >= 0.3 is 0 Å². The summed E-state index contributed by atoms with van der Waals surface area (Å²) in [4.78, 5) is 28.1. The molecule has 0 spiro atoms. The Bertz CT molecular complexity index is 1520. The van der Waals surface area contributed by atoms with E-state index in [1.54, 1.807) is 51.9 Å². The van der Waals surface area contributed by atoms with Crippen molar-refractivity contribution in [2.45, 2.75) is 6.54 Å². The Morgan fingerprint density at radius 2 is 1.67 bits per heavy atom. The third kappa shape index (κ3) is 5.18. The van der Waals surface area contributed by atoms with E-state index in [2.05, 4.69) is 11.5 Å². The van der Waals surface area contributed by atoms with E-state index in [1.807, 2.05) is 0 Å². The number of non-ortho nitro benzene ring substituents is 1. The Kier molecular flexibility index (Phi) is 7.27. The van der Waals surface area contributed by atoms with Crippen molar-refractivity contribution in [2.24, 2.45) is 0 Å². The van der Waals surface area contributed by atoms with Gasteiger partial charge in [-0.15, -0.1) is 0 Å². The van der Waals surface area contributed by atoms with Gasteiger partial charge in [0.2, 0.25) is 0 Å². The number of aromatic nitrogens is 1. The molecule has 1 saturated heterocycles. The number of nitro benzene ring substituents is 1. The lowest BCUT2D eigenvalue weighted by atomic mass is 10.2. The smallest absolute Gasteiger partial charge is 0.270 e. The van der Waals surface area contributed by atoms with Gasteiger partial charge in [-0.2, -0.15) is 0 Å². The minimum absolute atomic E-state index is 0.0168. The zero-order chi connectivity index (χ0) is 27.5. The Morgan fingerprint density at radius 1 is 1.00 bits per heavy atom. The molecule has 1 fully saturated rings. The highest BCUT2D eigenvalue weighted by Gasteiger charge is 2.27. The number of piperazine rings is 1. The topological polar surface area (TPSA) is 80.8 Å². The van der Waals surface area contributed by atoms with Gasteiger partial charge < -0.3 is 19.1 Å². The number of fused-ring (bicyclic) bond motifs is 1. The number of benzene rings is 3. The van der Waals surface area contributed by atoms with Gasteiger partial charge in [0, 0.05) is 54.9 Å². The van der Waals surface area contributed by atoms with Crippen molar-refractivity contribution in [3.8, 4) is 5.75 Å². The summed E-state index contributed by atoms with van der Waals surface area (Å²) >= 11 is 0. The number of amides is 1. The van der Waals surface area contributed by atoms with Crippen LogP contribution in [0.2, 0.25) is 0 Å². The molecule has 39 heavy (non-hydrogen) atoms. The molecule has 0 aliphatic carbocycles. The summed E-state index contributed by atoms with van der Waals surface area (Å²) in [7, 11) is 0. The molecule has 0 unspecified atom stereocenters. The highest BCUT2D eigenvalue weighted by Crippen LogP contribution is 2.31. The quantitative estimate of drug-likeness (QED) is 0.172. The fourth-order valence-electron chi connectivity index (χ4n) is 4.84. The van der Waals surface area contributed by atoms with Crippen LogP contribution in [-0.2, 0) is 6.54 Å². The Balaban J connectivity index is 1.44. The van der Waals surface area contributed by atoms with Crippen LogP contribution in [0.1, 0.15) is 16.1 Å². The maximum absolute atomic E-state index is 14.6. The highest BCUT2D eigenvalue weighted by atomic mass is 19.1. The molecule has 10 heteroatoms. The lowest BCUT2D eigenvalue weighted by Crippen LogP contribution is -2.49. The maximum atomic E-state index is 14.6. The largest absolute Gasteiger partial charge is 0.489 e. The molecule has 2 heterocycles. The van der Waals surface area contributed by atoms with Crippen molar-refractivity contribution in [1.82, 2.24) is 9.47 Å². The van der Waals surface area contributed by atoms with Crippen molar-refractivity contribution in [3.05, 3.63) is 112 Å². The van der Waals surface area contributed by atoms with Gasteiger partial charge in [-0.1, -0.05) is 24.8 Å². The Morgan fingerprint density at radius 3 is 2.31 bits per heavy atom. The molecule has 1 aliphatic heterocycles. The lowest BCUT2D eigenvalue weighted by molar-refractivity contribution is -0.384. The molecule has 1 aliphatic rings. The normalized spacial score (nSPS) is 13.5. The monoisotopic (exact) mass is 532 g/mol. The van der Waals surface area contributed by atoms with E-state index in [1.165, 1.54) is 30.3 Å². The van der Waals surface area contributed by atoms with E-state index in [0.29, 0.717) is 48.5 Å². The Labute approximate surface area is 223 Å². The minimum atomic E-state index is -0.689. The summed E-state index contributed by atoms with van der Waals surface area (Å²) in [6.07, 6.45) is 1.61. The van der Waals surface area contributed by atoms with Crippen LogP contribution >= 0.6 is 0 Å². The minimum Gasteiger partial charge on any atom is -0.489 e. The average molecular weight is 533 g/mol. The molecule has 1 amide bonds. The molecule has 0 saturated carbocycles. The molecule has 200 valence electrons. The van der Waals surface area contributed by atoms with Crippen molar-refractivity contribution < 1.29 is 23.2 Å². The van der Waals surface area contributed by atoms with Crippen LogP contribution in [0.3, 0.4) is 0 Å². The summed E-state index contributed by atoms with van der Waals surface area (Å²) < 4.78 is 36.7. The number of rotatable bonds is 8. The van der Waals surface area contributed by atoms with Gasteiger partial charge in [0.25, 0.3) is 11.6 Å². The predicted octanol–water partition coefficient (Wildman–Crippen LogP) is 5.40. The summed E-state index contributed by atoms with van der Waals surface area (Å²) in [5.74, 6) is -1.10. The molecule has 0 atom stereocenters. The lowest BCUT2D eigenvalue weighted by Gasteiger charge is -2.36. The van der Waals surface area contributed by atoms with Gasteiger partial charge in [-0.3, -0.25) is 14.9 Å². The fourth-order valence-corrected chi connectivity index (χ4v) is 4.84. The molecule has 1 aromatic heterocycles. The Hall–Kier alpha value is -4.73. The van der Waals surface area contributed by atoms with E-state index in [0.717, 1.165) is 5.69 Å². The molecule has 3 aromatic carbocycles. The van der Waals surface area contributed by atoms with Crippen LogP contribution in [-0.4, -0.2) is 53.1 Å². The van der Waals surface area contributed by atoms with Crippen LogP contribution in [0.15, 0.2) is 79.4 Å². The molecule has 0 N–H and O–H groups in total. The first-order valence-electron chi connectivity index (χ1n) is 12.4. The summed E-state index contributed by atoms with van der Waals surface area (Å²) in [6, 6.07) is 17.0. The molecule has 5 rings (SSSR count). The fraction of sp³-hybridized carbons (Fsp3) is 0.207. The van der Waals surface area contributed by atoms with E-state index < -0.39 is 16.6 Å². The van der Waals surface area contributed by atoms with E-state index in [4.69, 9.17) is 4.74 Å². The van der Waals surface area contributed by atoms with Gasteiger partial charge in [-0.05, 0) is 42.5 Å². The first-order chi connectivity index (χ1) is 18.9. The van der Waals surface area contributed by atoms with Crippen molar-refractivity contribution in [1.29, 1.82) is 0 Å². The van der Waals surface area contributed by atoms with Crippen LogP contribution in [0.25, 0.3) is 10.9 Å². The molecule has 8 nitrogen and oxygen atoms in total. The summed E-state index contributed by atoms with van der Waals surface area (Å²) in [5.41, 5.74) is 1.63. The second kappa shape index (κ2) is 10.9. The second-order valence-corrected chi connectivity index (χ2v) is 9.16. The van der Waals surface area contributed by atoms with E-state index >= 15 is 0 Å². The average Bonchev–Trinajstić information content (AvgIpc) is 3.32. The number of hydrogen-bond donors (Lipinski definition) is 0. The maximum Gasteiger partial charge on any atom is 0.270 e. The second-order valence-electron chi connectivity index (χ2n) is 9.16. The molecule has 0 bridgehead atoms. The van der Waals surface area contributed by atoms with Crippen molar-refractivity contribution in [2.75, 3.05) is 37.7 Å². The van der Waals surface area contributed by atoms with Crippen LogP contribution in [0.4, 0.5) is 20.2 Å². The van der Waals surface area contributed by atoms with Crippen molar-refractivity contribution >= 4 is 28.2 Å². The number of nitro groups is 1. The number of nitrogens with zero attached hydrogens (tertiary/aromatic N) is 4. The van der Waals surface area contributed by atoms with Crippen molar-refractivity contribution in [3.63, 3.8) is 0 Å². The number of carbonyl (C=O) groups is 1. The highest BCUT2D eigenvalue weighted by molar-refractivity contribution is 6.00. The third-order valence-corrected chi connectivity index (χ3v) is 6.85. The number of hydrogen-bond acceptors (Lipinski definition) is 5. The first kappa shape index (κ1) is 25.9. The van der Waals surface area contributed by atoms with Gasteiger partial charge in [0.05, 0.1) is 17.0 Å². The predicted molar refractivity (Wildman–Crippen MR) is 144 cm³/mol. The van der Waals surface area contributed by atoms with Gasteiger partial charge in [-0.25, -0.2) is 8.78 Å². The molecular weight excluding hydrogens is 506 g/mol. The molecule has 0 radical (unpaired) electrons. The summed E-state index contributed by atoms with van der Waals surface area (Å²) in [6.45, 7) is 5.64. The van der Waals surface area contributed by atoms with Crippen LogP contribution in [0.5, 0.6) is 5.75 Å². The number of ether oxygens (including phenoxy) is 1. The standard InChI is InChI=1S/C29H26F2N4O4/c1-2-17-39-28-8-4-7-26-22(28)18-27(34(26)19-23-24(30)5-3-6-25(23)31)29(36)33-15-13-32(14-16-33)20-9-11-21(12-10-20)35(37)38/h2-12,18H,1,13-17,19H2. The SMILES string of the molecule is C=CCOc1cccc2c1cc(C(=O)N1CCN(c3ccc([N+](=O)[O-])cc3)CC1)n2Cc1c(F)cccc1F. The van der Waals surface area contributed by atoms with Gasteiger partial charge in [0.15, 0.2) is 0 Å². The number of carbonyl (C=O) groups excluding carboxylic acids is 1. The molecule has 4 aromatic rings. The zero-order valence-corrected chi connectivity index (χ0v) is 21.1. The third-order valence-electron chi connectivity index (χ3n) is 6.85. The number of halogens is 2.